The Balaban J connectivity index is 0.000000577. The molecule has 0 saturated carbocycles. The number of aliphatic hydroxyl groups excluding tert-OH is 1. The zero-order valence-corrected chi connectivity index (χ0v) is 31.5. The van der Waals surface area contributed by atoms with Crippen LogP contribution in [-0.4, -0.2) is 59.5 Å². The molecule has 1 heterocycles. The van der Waals surface area contributed by atoms with Crippen LogP contribution in [0.2, 0.25) is 88.8 Å². The fourth-order valence-corrected chi connectivity index (χ4v) is 21.1. The van der Waals surface area contributed by atoms with Crippen LogP contribution in [0.5, 0.6) is 0 Å². The van der Waals surface area contributed by atoms with E-state index in [1.165, 1.54) is 0 Å². The maximum atomic E-state index is 10.5. The van der Waals surface area contributed by atoms with Gasteiger partial charge in [0.25, 0.3) is 0 Å². The summed E-state index contributed by atoms with van der Waals surface area (Å²) in [4.78, 5) is 4.33. The van der Waals surface area contributed by atoms with Crippen LogP contribution in [0.15, 0.2) is 48.7 Å². The molecule has 10 heteroatoms. The molecule has 4 nitrogen and oxygen atoms in total. The van der Waals surface area contributed by atoms with Crippen molar-refractivity contribution in [1.29, 1.82) is 0 Å². The summed E-state index contributed by atoms with van der Waals surface area (Å²) in [5.41, 5.74) is 1.74. The molecule has 1 aromatic carbocycles. The Hall–Kier alpha value is -0.0496. The molecule has 0 bridgehead atoms. The predicted octanol–water partition coefficient (Wildman–Crippen LogP) is 9.20. The van der Waals surface area contributed by atoms with Gasteiger partial charge < -0.3 is 9.30 Å². The van der Waals surface area contributed by atoms with E-state index in [1.54, 1.807) is 18.3 Å². The van der Waals surface area contributed by atoms with Crippen molar-refractivity contribution in [1.82, 2.24) is 4.98 Å². The normalized spacial score (nSPS) is 14.1. The number of aromatic nitrogens is 1. The fourth-order valence-electron chi connectivity index (χ4n) is 3.91. The topological polar surface area (TPSA) is 61.3 Å². The molecular formula is C26H49ClGeN3OSi4-2. The van der Waals surface area contributed by atoms with E-state index in [2.05, 4.69) is 83.5 Å². The van der Waals surface area contributed by atoms with Crippen molar-refractivity contribution in [3.63, 3.8) is 0 Å². The van der Waals surface area contributed by atoms with Crippen LogP contribution in [0.1, 0.15) is 23.3 Å². The molecule has 36 heavy (non-hydrogen) atoms. The summed E-state index contributed by atoms with van der Waals surface area (Å²) >= 11 is 8.00. The van der Waals surface area contributed by atoms with E-state index < -0.39 is 39.0 Å². The van der Waals surface area contributed by atoms with E-state index in [-0.39, 0.29) is 5.92 Å². The van der Waals surface area contributed by atoms with Gasteiger partial charge in [-0.05, 0) is 0 Å². The molecule has 3 radical (unpaired) electrons. The first-order chi connectivity index (χ1) is 16.1. The predicted molar refractivity (Wildman–Crippen MR) is 174 cm³/mol. The first-order valence-electron chi connectivity index (χ1n) is 12.6. The third-order valence-electron chi connectivity index (χ3n) is 4.20. The van der Waals surface area contributed by atoms with E-state index in [1.807, 2.05) is 46.8 Å². The molecular weight excluding hydrogens is 591 g/mol. The van der Waals surface area contributed by atoms with Gasteiger partial charge in [-0.1, -0.05) is 112 Å². The number of aliphatic hydroxyl groups is 1. The molecule has 0 amide bonds. The molecule has 1 aromatic heterocycles. The van der Waals surface area contributed by atoms with E-state index in [4.69, 9.17) is 20.9 Å². The van der Waals surface area contributed by atoms with E-state index in [0.29, 0.717) is 5.02 Å². The van der Waals surface area contributed by atoms with Gasteiger partial charge in [-0.3, -0.25) is 0 Å². The zero-order valence-electron chi connectivity index (χ0n) is 24.6. The van der Waals surface area contributed by atoms with Gasteiger partial charge in [-0.2, -0.15) is 0 Å². The third-order valence-corrected chi connectivity index (χ3v) is 16.1. The third kappa shape index (κ3) is 19.1. The molecule has 2 aromatic rings. The minimum absolute atomic E-state index is 0.00957. The monoisotopic (exact) mass is 640 g/mol. The van der Waals surface area contributed by atoms with Crippen LogP contribution in [0.3, 0.4) is 0 Å². The SMILES string of the molecule is C[Si](C)(C)[N-][Si](C)(C)C.C[Si](C)(C)[N-][Si](C)(C)C.O[C@H](c1cccc(Cl)c1)[C@@H]([CH2][Ge])c1ccccn1. The minimum atomic E-state index is -1.11. The van der Waals surface area contributed by atoms with Crippen LogP contribution < -0.4 is 0 Å². The van der Waals surface area contributed by atoms with Gasteiger partial charge in [0.2, 0.25) is 0 Å². The van der Waals surface area contributed by atoms with E-state index in [0.717, 1.165) is 16.5 Å². The zero-order chi connectivity index (χ0) is 28.4. The summed E-state index contributed by atoms with van der Waals surface area (Å²) in [6, 6.07) is 13.1. The van der Waals surface area contributed by atoms with Gasteiger partial charge in [0.15, 0.2) is 0 Å². The van der Waals surface area contributed by atoms with Crippen molar-refractivity contribution in [2.24, 2.45) is 0 Å². The Kier molecular flexibility index (Phi) is 15.5. The molecule has 0 aliphatic rings. The second-order valence-corrected chi connectivity index (χ2v) is 33.4. The Morgan fingerprint density at radius 1 is 0.778 bits per heavy atom. The number of hydrogen-bond acceptors (Lipinski definition) is 2. The van der Waals surface area contributed by atoms with Gasteiger partial charge in [0.1, 0.15) is 0 Å². The second-order valence-electron chi connectivity index (χ2n) is 13.0. The summed E-state index contributed by atoms with van der Waals surface area (Å²) in [5.74, 6) is -0.00957. The van der Waals surface area contributed by atoms with Crippen LogP contribution in [-0.2, 0) is 0 Å². The summed E-state index contributed by atoms with van der Waals surface area (Å²) in [6.45, 7) is 27.6. The molecule has 0 unspecified atom stereocenters. The molecule has 2 rings (SSSR count). The summed E-state index contributed by atoms with van der Waals surface area (Å²) < 4.78 is 9.64. The van der Waals surface area contributed by atoms with E-state index >= 15 is 0 Å². The molecule has 2 atom stereocenters. The molecule has 0 saturated heterocycles. The van der Waals surface area contributed by atoms with Gasteiger partial charge >= 0.3 is 120 Å². The van der Waals surface area contributed by atoms with Crippen molar-refractivity contribution >= 4 is 61.1 Å². The van der Waals surface area contributed by atoms with Crippen LogP contribution in [0, 0.1) is 0 Å². The molecule has 1 N–H and O–H groups in total. The Morgan fingerprint density at radius 3 is 1.56 bits per heavy atom. The average Bonchev–Trinajstić information content (AvgIpc) is 2.64. The molecule has 0 fully saturated rings. The molecule has 0 aliphatic carbocycles. The Bertz CT molecular complexity index is 830. The number of hydrogen-bond donors (Lipinski definition) is 1. The van der Waals surface area contributed by atoms with Gasteiger partial charge in [-0.25, -0.2) is 0 Å². The van der Waals surface area contributed by atoms with Crippen molar-refractivity contribution in [2.75, 3.05) is 0 Å². The molecule has 0 spiro atoms. The van der Waals surface area contributed by atoms with Crippen LogP contribution in [0.4, 0.5) is 0 Å². The first kappa shape index (κ1) is 36.0. The number of benzene rings is 1. The standard InChI is InChI=1S/C14H13ClGeNO.2C6H18NSi2/c15-11-5-3-4-10(8-11)14(18)12(9-16)13-6-1-2-7-17-13;2*1-8(2,3)7-9(4,5)6/h1-8,12,14,18H,9H2;2*1-6H3/q;2*-1/t12-,14+;;/m0../s1. The van der Waals surface area contributed by atoms with Gasteiger partial charge in [0.05, 0.1) is 0 Å². The fraction of sp³-hybridized carbons (Fsp3) is 0.577. The number of halogens is 1. The molecule has 0 aliphatic heterocycles. The summed E-state index contributed by atoms with van der Waals surface area (Å²) in [5, 5.41) is 11.9. The number of nitrogens with zero attached hydrogens (tertiary/aromatic N) is 3. The average molecular weight is 640 g/mol. The van der Waals surface area contributed by atoms with Crippen LogP contribution in [0.25, 0.3) is 9.30 Å². The maximum absolute atomic E-state index is 10.5. The second kappa shape index (κ2) is 15.5. The first-order valence-corrected chi connectivity index (χ1v) is 28.3. The van der Waals surface area contributed by atoms with Gasteiger partial charge in [0, 0.05) is 0 Å². The van der Waals surface area contributed by atoms with Crippen LogP contribution >= 0.6 is 11.6 Å². The van der Waals surface area contributed by atoms with Gasteiger partial charge in [-0.15, -0.1) is 0 Å². The van der Waals surface area contributed by atoms with Crippen molar-refractivity contribution in [3.8, 4) is 0 Å². The quantitative estimate of drug-likeness (QED) is 0.293. The number of pyridine rings is 1. The van der Waals surface area contributed by atoms with Crippen molar-refractivity contribution in [2.45, 2.75) is 95.8 Å². The number of rotatable bonds is 8. The summed E-state index contributed by atoms with van der Waals surface area (Å²) in [6.07, 6.45) is 1.17. The van der Waals surface area contributed by atoms with Crippen molar-refractivity contribution in [3.05, 3.63) is 74.2 Å². The Morgan fingerprint density at radius 2 is 1.25 bits per heavy atom. The summed E-state index contributed by atoms with van der Waals surface area (Å²) in [7, 11) is -4.42. The van der Waals surface area contributed by atoms with E-state index in [9.17, 15) is 5.11 Å². The Labute approximate surface area is 240 Å². The molecule has 203 valence electrons. The van der Waals surface area contributed by atoms with Crippen molar-refractivity contribution < 1.29 is 5.11 Å².